The van der Waals surface area contributed by atoms with Crippen LogP contribution >= 0.6 is 0 Å². The molecule has 3 heteroatoms. The molecular formula is C8H13N3. The minimum Gasteiger partial charge on any atom is -0.0903 e. The Morgan fingerprint density at radius 3 is 2.91 bits per heavy atom. The van der Waals surface area contributed by atoms with Gasteiger partial charge in [0, 0.05) is 11.0 Å². The van der Waals surface area contributed by atoms with Crippen LogP contribution in [0.1, 0.15) is 32.1 Å². The Bertz CT molecular complexity index is 196. The summed E-state index contributed by atoms with van der Waals surface area (Å²) in [5.74, 6) is 1.64. The van der Waals surface area contributed by atoms with Crippen molar-refractivity contribution in [1.82, 2.24) is 0 Å². The maximum atomic E-state index is 8.30. The van der Waals surface area contributed by atoms with Gasteiger partial charge in [-0.15, -0.1) is 0 Å². The molecule has 0 bridgehead atoms. The average molecular weight is 151 g/mol. The zero-order valence-corrected chi connectivity index (χ0v) is 6.61. The molecule has 2 saturated carbocycles. The third kappa shape index (κ3) is 1.10. The molecule has 0 spiro atoms. The largest absolute Gasteiger partial charge is 0.0903 e. The van der Waals surface area contributed by atoms with Crippen molar-refractivity contribution in [3.05, 3.63) is 10.4 Å². The van der Waals surface area contributed by atoms with Crippen LogP contribution in [0.5, 0.6) is 0 Å². The summed E-state index contributed by atoms with van der Waals surface area (Å²) in [7, 11) is 0. The molecule has 0 heterocycles. The van der Waals surface area contributed by atoms with E-state index in [1.54, 1.807) is 0 Å². The lowest BCUT2D eigenvalue weighted by molar-refractivity contribution is 0.420. The normalized spacial score (nSPS) is 41.6. The van der Waals surface area contributed by atoms with Crippen LogP contribution in [-0.4, -0.2) is 6.04 Å². The van der Waals surface area contributed by atoms with Crippen molar-refractivity contribution >= 4 is 0 Å². The summed E-state index contributed by atoms with van der Waals surface area (Å²) in [6.07, 6.45) is 6.47. The second-order valence-corrected chi connectivity index (χ2v) is 3.70. The zero-order chi connectivity index (χ0) is 7.68. The fourth-order valence-corrected chi connectivity index (χ4v) is 2.74. The van der Waals surface area contributed by atoms with Gasteiger partial charge in [0.1, 0.15) is 0 Å². The maximum Gasteiger partial charge on any atom is 0.0405 e. The molecule has 0 aromatic heterocycles. The summed E-state index contributed by atoms with van der Waals surface area (Å²) in [5, 5.41) is 3.85. The van der Waals surface area contributed by atoms with Crippen LogP contribution in [0.2, 0.25) is 0 Å². The third-order valence-corrected chi connectivity index (χ3v) is 3.25. The standard InChI is InChI=1S/C8H13N3/c9-11-10-8-5-4-6-2-1-3-7(6)8/h6-8H,1-5H2. The lowest BCUT2D eigenvalue weighted by atomic mass is 9.98. The van der Waals surface area contributed by atoms with Crippen LogP contribution in [0.15, 0.2) is 5.11 Å². The van der Waals surface area contributed by atoms with E-state index in [-0.39, 0.29) is 0 Å². The molecule has 3 nitrogen and oxygen atoms in total. The Labute approximate surface area is 66.4 Å². The molecule has 0 aromatic carbocycles. The van der Waals surface area contributed by atoms with Gasteiger partial charge in [-0.25, -0.2) is 0 Å². The first-order valence-electron chi connectivity index (χ1n) is 4.46. The number of hydrogen-bond acceptors (Lipinski definition) is 1. The van der Waals surface area contributed by atoms with Gasteiger partial charge in [0.05, 0.1) is 0 Å². The van der Waals surface area contributed by atoms with Crippen molar-refractivity contribution in [3.8, 4) is 0 Å². The number of azide groups is 1. The van der Waals surface area contributed by atoms with Gasteiger partial charge in [-0.2, -0.15) is 0 Å². The lowest BCUT2D eigenvalue weighted by Crippen LogP contribution is -2.11. The van der Waals surface area contributed by atoms with E-state index in [1.165, 1.54) is 25.7 Å². The number of rotatable bonds is 1. The molecule has 11 heavy (non-hydrogen) atoms. The topological polar surface area (TPSA) is 48.8 Å². The second-order valence-electron chi connectivity index (χ2n) is 3.70. The minimum atomic E-state index is 0.340. The van der Waals surface area contributed by atoms with E-state index in [0.717, 1.165) is 18.3 Å². The average Bonchev–Trinajstić information content (AvgIpc) is 2.53. The zero-order valence-electron chi connectivity index (χ0n) is 6.61. The highest BCUT2D eigenvalue weighted by atomic mass is 15.2. The smallest absolute Gasteiger partial charge is 0.0405 e. The quantitative estimate of drug-likeness (QED) is 0.314. The van der Waals surface area contributed by atoms with Crippen LogP contribution in [-0.2, 0) is 0 Å². The predicted octanol–water partition coefficient (Wildman–Crippen LogP) is 2.88. The molecule has 0 aromatic rings. The molecule has 60 valence electrons. The highest BCUT2D eigenvalue weighted by Crippen LogP contribution is 2.45. The summed E-state index contributed by atoms with van der Waals surface area (Å²) in [6.45, 7) is 0. The highest BCUT2D eigenvalue weighted by molar-refractivity contribution is 4.93. The van der Waals surface area contributed by atoms with E-state index >= 15 is 0 Å². The van der Waals surface area contributed by atoms with Crippen molar-refractivity contribution in [2.75, 3.05) is 0 Å². The Morgan fingerprint density at radius 2 is 2.09 bits per heavy atom. The third-order valence-electron chi connectivity index (χ3n) is 3.25. The van der Waals surface area contributed by atoms with Crippen LogP contribution in [0, 0.1) is 11.8 Å². The number of hydrogen-bond donors (Lipinski definition) is 0. The Morgan fingerprint density at radius 1 is 1.18 bits per heavy atom. The summed E-state index contributed by atoms with van der Waals surface area (Å²) < 4.78 is 0. The molecule has 3 atom stereocenters. The van der Waals surface area contributed by atoms with Crippen LogP contribution in [0.25, 0.3) is 10.4 Å². The molecule has 2 aliphatic rings. The van der Waals surface area contributed by atoms with Gasteiger partial charge in [-0.05, 0) is 36.6 Å². The maximum absolute atomic E-state index is 8.30. The Hall–Kier alpha value is -0.690. The van der Waals surface area contributed by atoms with Crippen molar-refractivity contribution in [1.29, 1.82) is 0 Å². The highest BCUT2D eigenvalue weighted by Gasteiger charge is 2.38. The van der Waals surface area contributed by atoms with Gasteiger partial charge in [0.25, 0.3) is 0 Å². The van der Waals surface area contributed by atoms with Gasteiger partial charge in [0.2, 0.25) is 0 Å². The van der Waals surface area contributed by atoms with Gasteiger partial charge in [-0.3, -0.25) is 0 Å². The summed E-state index contributed by atoms with van der Waals surface area (Å²) >= 11 is 0. The van der Waals surface area contributed by atoms with Crippen LogP contribution in [0.4, 0.5) is 0 Å². The van der Waals surface area contributed by atoms with E-state index in [9.17, 15) is 0 Å². The molecule has 2 aliphatic carbocycles. The van der Waals surface area contributed by atoms with Crippen molar-refractivity contribution < 1.29 is 0 Å². The molecule has 3 unspecified atom stereocenters. The van der Waals surface area contributed by atoms with Gasteiger partial charge in [0.15, 0.2) is 0 Å². The molecule has 0 N–H and O–H groups in total. The van der Waals surface area contributed by atoms with Crippen molar-refractivity contribution in [2.24, 2.45) is 17.0 Å². The molecule has 0 saturated heterocycles. The van der Waals surface area contributed by atoms with E-state index in [4.69, 9.17) is 5.53 Å². The van der Waals surface area contributed by atoms with Crippen LogP contribution in [0.3, 0.4) is 0 Å². The monoisotopic (exact) mass is 151 g/mol. The molecule has 0 amide bonds. The molecular weight excluding hydrogens is 138 g/mol. The summed E-state index contributed by atoms with van der Waals surface area (Å²) in [6, 6.07) is 0.340. The lowest BCUT2D eigenvalue weighted by Gasteiger charge is -2.11. The van der Waals surface area contributed by atoms with E-state index in [0.29, 0.717) is 6.04 Å². The van der Waals surface area contributed by atoms with Gasteiger partial charge >= 0.3 is 0 Å². The SMILES string of the molecule is [N-]=[N+]=NC1CCC2CCCC21. The fourth-order valence-electron chi connectivity index (χ4n) is 2.74. The summed E-state index contributed by atoms with van der Waals surface area (Å²) in [5.41, 5.74) is 8.30. The van der Waals surface area contributed by atoms with Crippen molar-refractivity contribution in [3.63, 3.8) is 0 Å². The van der Waals surface area contributed by atoms with Gasteiger partial charge < -0.3 is 0 Å². The molecule has 0 radical (unpaired) electrons. The first-order chi connectivity index (χ1) is 5.42. The first-order valence-corrected chi connectivity index (χ1v) is 4.46. The summed E-state index contributed by atoms with van der Waals surface area (Å²) in [4.78, 5) is 2.90. The van der Waals surface area contributed by atoms with Gasteiger partial charge in [-0.1, -0.05) is 18.0 Å². The van der Waals surface area contributed by atoms with Crippen LogP contribution < -0.4 is 0 Å². The first kappa shape index (κ1) is 6.99. The van der Waals surface area contributed by atoms with Crippen molar-refractivity contribution in [2.45, 2.75) is 38.1 Å². The van der Waals surface area contributed by atoms with E-state index < -0.39 is 0 Å². The Kier molecular flexibility index (Phi) is 1.74. The van der Waals surface area contributed by atoms with E-state index in [2.05, 4.69) is 10.0 Å². The fraction of sp³-hybridized carbons (Fsp3) is 1.00. The minimum absolute atomic E-state index is 0.340. The number of nitrogens with zero attached hydrogens (tertiary/aromatic N) is 3. The molecule has 2 rings (SSSR count). The second kappa shape index (κ2) is 2.74. The molecule has 2 fully saturated rings. The Balaban J connectivity index is 2.08. The number of fused-ring (bicyclic) bond motifs is 1. The van der Waals surface area contributed by atoms with E-state index in [1.807, 2.05) is 0 Å². The predicted molar refractivity (Wildman–Crippen MR) is 43.0 cm³/mol. The molecule has 0 aliphatic heterocycles.